The molecule has 0 aliphatic heterocycles. The lowest BCUT2D eigenvalue weighted by Gasteiger charge is -2.01. The quantitative estimate of drug-likeness (QED) is 0.433. The van der Waals surface area contributed by atoms with Gasteiger partial charge in [-0.25, -0.2) is 0 Å². The van der Waals surface area contributed by atoms with Crippen molar-refractivity contribution in [1.82, 2.24) is 0 Å². The molecule has 0 aromatic heterocycles. The minimum atomic E-state index is 0.804. The van der Waals surface area contributed by atoms with Gasteiger partial charge in [0.15, 0.2) is 0 Å². The maximum absolute atomic E-state index is 5.31. The van der Waals surface area contributed by atoms with E-state index in [1.54, 1.807) is 0 Å². The smallest absolute Gasteiger partial charge is 0.0554 e. The average Bonchev–Trinajstić information content (AvgIpc) is 2.10. The van der Waals surface area contributed by atoms with E-state index >= 15 is 0 Å². The lowest BCUT2D eigenvalue weighted by molar-refractivity contribution is 0.145. The van der Waals surface area contributed by atoms with E-state index in [2.05, 4.69) is 19.6 Å². The van der Waals surface area contributed by atoms with Crippen LogP contribution in [0.3, 0.4) is 0 Å². The second-order valence-corrected chi connectivity index (χ2v) is 3.55. The Morgan fingerprint density at radius 1 is 0.917 bits per heavy atom. The zero-order valence-corrected chi connectivity index (χ0v) is 9.11. The van der Waals surface area contributed by atoms with Crippen LogP contribution in [0.25, 0.3) is 0 Å². The Balaban J connectivity index is 2.73. The van der Waals surface area contributed by atoms with Gasteiger partial charge in [-0.15, -0.1) is 0 Å². The molecular formula is C10H22OS. The van der Waals surface area contributed by atoms with Crippen molar-refractivity contribution in [3.05, 3.63) is 0 Å². The van der Waals surface area contributed by atoms with Gasteiger partial charge in [-0.1, -0.05) is 39.0 Å². The van der Waals surface area contributed by atoms with E-state index in [1.165, 1.54) is 38.5 Å². The molecule has 74 valence electrons. The first-order chi connectivity index (χ1) is 5.91. The zero-order valence-electron chi connectivity index (χ0n) is 8.22. The van der Waals surface area contributed by atoms with Gasteiger partial charge in [0.2, 0.25) is 0 Å². The Bertz CT molecular complexity index is 66.2. The summed E-state index contributed by atoms with van der Waals surface area (Å²) in [4.78, 5) is 0. The van der Waals surface area contributed by atoms with E-state index in [9.17, 15) is 0 Å². The van der Waals surface area contributed by atoms with Gasteiger partial charge in [-0.2, -0.15) is 12.6 Å². The number of hydrogen-bond donors (Lipinski definition) is 1. The molecule has 0 heterocycles. The molecule has 0 aliphatic rings. The fourth-order valence-corrected chi connectivity index (χ4v) is 1.28. The van der Waals surface area contributed by atoms with Crippen LogP contribution in [0.4, 0.5) is 0 Å². The van der Waals surface area contributed by atoms with E-state index in [0.717, 1.165) is 19.0 Å². The van der Waals surface area contributed by atoms with Crippen molar-refractivity contribution in [2.45, 2.75) is 45.4 Å². The molecule has 12 heavy (non-hydrogen) atoms. The summed E-state index contributed by atoms with van der Waals surface area (Å²) in [6.45, 7) is 3.97. The number of hydrogen-bond acceptors (Lipinski definition) is 2. The first kappa shape index (κ1) is 12.3. The first-order valence-electron chi connectivity index (χ1n) is 5.10. The van der Waals surface area contributed by atoms with Crippen LogP contribution in [0, 0.1) is 0 Å². The standard InChI is InChI=1S/C10H22OS/c1-2-3-4-5-6-7-8-11-9-10-12/h12H,2-10H2,1H3. The lowest BCUT2D eigenvalue weighted by Crippen LogP contribution is -1.97. The van der Waals surface area contributed by atoms with Crippen LogP contribution in [-0.4, -0.2) is 19.0 Å². The summed E-state index contributed by atoms with van der Waals surface area (Å²) in [7, 11) is 0. The molecule has 0 N–H and O–H groups in total. The summed E-state index contributed by atoms with van der Waals surface area (Å²) >= 11 is 4.07. The van der Waals surface area contributed by atoms with Crippen molar-refractivity contribution in [2.24, 2.45) is 0 Å². The molecule has 0 radical (unpaired) electrons. The van der Waals surface area contributed by atoms with Crippen LogP contribution in [-0.2, 0) is 4.74 Å². The Kier molecular flexibility index (Phi) is 11.6. The van der Waals surface area contributed by atoms with Crippen LogP contribution in [0.15, 0.2) is 0 Å². The van der Waals surface area contributed by atoms with Crippen molar-refractivity contribution in [3.63, 3.8) is 0 Å². The van der Waals surface area contributed by atoms with Gasteiger partial charge in [0, 0.05) is 12.4 Å². The SMILES string of the molecule is CCCCCCCCOCCS. The van der Waals surface area contributed by atoms with Gasteiger partial charge in [-0.05, 0) is 6.42 Å². The molecule has 0 unspecified atom stereocenters. The summed E-state index contributed by atoms with van der Waals surface area (Å²) in [5.74, 6) is 0.843. The third-order valence-corrected chi connectivity index (χ3v) is 2.06. The van der Waals surface area contributed by atoms with Gasteiger partial charge >= 0.3 is 0 Å². The van der Waals surface area contributed by atoms with Crippen molar-refractivity contribution in [3.8, 4) is 0 Å². The highest BCUT2D eigenvalue weighted by Crippen LogP contribution is 2.04. The average molecular weight is 190 g/mol. The molecule has 0 aromatic carbocycles. The number of unbranched alkanes of at least 4 members (excludes halogenated alkanes) is 5. The van der Waals surface area contributed by atoms with Crippen LogP contribution >= 0.6 is 12.6 Å². The minimum Gasteiger partial charge on any atom is -0.381 e. The Labute approximate surface area is 82.3 Å². The summed E-state index contributed by atoms with van der Waals surface area (Å²) in [6, 6.07) is 0. The van der Waals surface area contributed by atoms with Crippen LogP contribution in [0.5, 0.6) is 0 Å². The normalized spacial score (nSPS) is 10.5. The van der Waals surface area contributed by atoms with Gasteiger partial charge in [-0.3, -0.25) is 0 Å². The molecule has 0 aromatic rings. The highest BCUT2D eigenvalue weighted by molar-refractivity contribution is 7.80. The predicted molar refractivity (Wildman–Crippen MR) is 58.0 cm³/mol. The van der Waals surface area contributed by atoms with E-state index in [4.69, 9.17) is 4.74 Å². The van der Waals surface area contributed by atoms with Crippen LogP contribution < -0.4 is 0 Å². The van der Waals surface area contributed by atoms with Gasteiger partial charge < -0.3 is 4.74 Å². The summed E-state index contributed by atoms with van der Waals surface area (Å²) in [5, 5.41) is 0. The first-order valence-corrected chi connectivity index (χ1v) is 5.73. The van der Waals surface area contributed by atoms with Gasteiger partial charge in [0.1, 0.15) is 0 Å². The summed E-state index contributed by atoms with van der Waals surface area (Å²) in [5.41, 5.74) is 0. The van der Waals surface area contributed by atoms with Crippen LogP contribution in [0.2, 0.25) is 0 Å². The highest BCUT2D eigenvalue weighted by Gasteiger charge is 1.89. The molecular weight excluding hydrogens is 168 g/mol. The van der Waals surface area contributed by atoms with E-state index < -0.39 is 0 Å². The van der Waals surface area contributed by atoms with Crippen molar-refractivity contribution < 1.29 is 4.74 Å². The minimum absolute atomic E-state index is 0.804. The van der Waals surface area contributed by atoms with Crippen LogP contribution in [0.1, 0.15) is 45.4 Å². The summed E-state index contributed by atoms with van der Waals surface area (Å²) < 4.78 is 5.31. The Hall–Kier alpha value is 0.310. The van der Waals surface area contributed by atoms with Gasteiger partial charge in [0.05, 0.1) is 6.61 Å². The fourth-order valence-electron chi connectivity index (χ4n) is 1.15. The van der Waals surface area contributed by atoms with Gasteiger partial charge in [0.25, 0.3) is 0 Å². The molecule has 0 fully saturated rings. The van der Waals surface area contributed by atoms with Crippen molar-refractivity contribution in [2.75, 3.05) is 19.0 Å². The molecule has 1 nitrogen and oxygen atoms in total. The molecule has 0 aliphatic carbocycles. The largest absolute Gasteiger partial charge is 0.381 e. The molecule has 0 bridgehead atoms. The Morgan fingerprint density at radius 2 is 1.58 bits per heavy atom. The third-order valence-electron chi connectivity index (χ3n) is 1.88. The van der Waals surface area contributed by atoms with E-state index in [-0.39, 0.29) is 0 Å². The monoisotopic (exact) mass is 190 g/mol. The topological polar surface area (TPSA) is 9.23 Å². The maximum Gasteiger partial charge on any atom is 0.0554 e. The second kappa shape index (κ2) is 11.3. The molecule has 0 spiro atoms. The molecule has 2 heteroatoms. The molecule has 0 amide bonds. The van der Waals surface area contributed by atoms with Crippen molar-refractivity contribution >= 4 is 12.6 Å². The van der Waals surface area contributed by atoms with E-state index in [1.807, 2.05) is 0 Å². The zero-order chi connectivity index (χ0) is 9.07. The maximum atomic E-state index is 5.31. The molecule has 0 atom stereocenters. The summed E-state index contributed by atoms with van der Waals surface area (Å²) in [6.07, 6.45) is 8.03. The molecule has 0 saturated heterocycles. The number of ether oxygens (including phenoxy) is 1. The number of thiol groups is 1. The Morgan fingerprint density at radius 3 is 2.25 bits per heavy atom. The second-order valence-electron chi connectivity index (χ2n) is 3.10. The molecule has 0 rings (SSSR count). The third kappa shape index (κ3) is 10.3. The molecule has 0 saturated carbocycles. The predicted octanol–water partition coefficient (Wildman–Crippen LogP) is 3.29. The number of rotatable bonds is 9. The lowest BCUT2D eigenvalue weighted by atomic mass is 10.1. The highest BCUT2D eigenvalue weighted by atomic mass is 32.1. The fraction of sp³-hybridized carbons (Fsp3) is 1.00. The van der Waals surface area contributed by atoms with E-state index in [0.29, 0.717) is 0 Å². The van der Waals surface area contributed by atoms with Crippen molar-refractivity contribution in [1.29, 1.82) is 0 Å².